The van der Waals surface area contributed by atoms with E-state index in [9.17, 15) is 13.2 Å². The summed E-state index contributed by atoms with van der Waals surface area (Å²) >= 11 is 6.23. The smallest absolute Gasteiger partial charge is 0.243 e. The Morgan fingerprint density at radius 2 is 1.83 bits per heavy atom. The van der Waals surface area contributed by atoms with Crippen molar-refractivity contribution < 1.29 is 13.2 Å². The van der Waals surface area contributed by atoms with Crippen molar-refractivity contribution in [3.63, 3.8) is 0 Å². The molecule has 10 heteroatoms. The SMILES string of the molecule is CCN(CC)S(=O)(=O)c1ccc(Cl)c(NC(=O)C2CCN(c3ncccn3)CC2)c1. The number of carbonyl (C=O) groups is 1. The molecule has 0 radical (unpaired) electrons. The zero-order valence-corrected chi connectivity index (χ0v) is 18.7. The first kappa shape index (κ1) is 22.5. The van der Waals surface area contributed by atoms with Gasteiger partial charge in [-0.15, -0.1) is 0 Å². The van der Waals surface area contributed by atoms with E-state index < -0.39 is 10.0 Å². The molecule has 3 rings (SSSR count). The van der Waals surface area contributed by atoms with Gasteiger partial charge in [0.2, 0.25) is 21.9 Å². The van der Waals surface area contributed by atoms with Crippen molar-refractivity contribution in [1.82, 2.24) is 14.3 Å². The van der Waals surface area contributed by atoms with Gasteiger partial charge in [0.15, 0.2) is 0 Å². The van der Waals surface area contributed by atoms with Crippen LogP contribution in [0.3, 0.4) is 0 Å². The molecule has 1 aromatic carbocycles. The van der Waals surface area contributed by atoms with Crippen LogP contribution in [0.2, 0.25) is 5.02 Å². The van der Waals surface area contributed by atoms with Gasteiger partial charge in [-0.2, -0.15) is 4.31 Å². The number of piperidine rings is 1. The first-order chi connectivity index (χ1) is 14.4. The van der Waals surface area contributed by atoms with Crippen LogP contribution in [-0.4, -0.2) is 54.8 Å². The Morgan fingerprint density at radius 1 is 1.20 bits per heavy atom. The van der Waals surface area contributed by atoms with Crippen molar-refractivity contribution >= 4 is 39.2 Å². The third-order valence-electron chi connectivity index (χ3n) is 5.24. The molecule has 0 bridgehead atoms. The van der Waals surface area contributed by atoms with Crippen LogP contribution in [0.15, 0.2) is 41.6 Å². The molecule has 0 unspecified atom stereocenters. The van der Waals surface area contributed by atoms with Gasteiger partial charge in [0.05, 0.1) is 15.6 Å². The molecule has 0 spiro atoms. The summed E-state index contributed by atoms with van der Waals surface area (Å²) in [5.41, 5.74) is 0.309. The van der Waals surface area contributed by atoms with Crippen LogP contribution < -0.4 is 10.2 Å². The number of nitrogens with one attached hydrogen (secondary N) is 1. The fourth-order valence-corrected chi connectivity index (χ4v) is 5.15. The van der Waals surface area contributed by atoms with Crippen LogP contribution >= 0.6 is 11.6 Å². The highest BCUT2D eigenvalue weighted by Crippen LogP contribution is 2.29. The largest absolute Gasteiger partial charge is 0.341 e. The number of hydrogen-bond acceptors (Lipinski definition) is 6. The van der Waals surface area contributed by atoms with Crippen LogP contribution in [0.5, 0.6) is 0 Å². The lowest BCUT2D eigenvalue weighted by molar-refractivity contribution is -0.120. The molecule has 30 heavy (non-hydrogen) atoms. The molecule has 1 saturated heterocycles. The number of aromatic nitrogens is 2. The van der Waals surface area contributed by atoms with Crippen LogP contribution in [0.25, 0.3) is 0 Å². The van der Waals surface area contributed by atoms with Gasteiger partial charge in [-0.1, -0.05) is 25.4 Å². The summed E-state index contributed by atoms with van der Waals surface area (Å²) in [6, 6.07) is 6.16. The Bertz CT molecular complexity index is 975. The molecule has 1 amide bonds. The Kier molecular flexibility index (Phi) is 7.27. The molecule has 1 aromatic heterocycles. The lowest BCUT2D eigenvalue weighted by Gasteiger charge is -2.31. The minimum atomic E-state index is -3.64. The highest BCUT2D eigenvalue weighted by Gasteiger charge is 2.27. The molecule has 0 atom stereocenters. The molecular weight excluding hydrogens is 426 g/mol. The molecule has 0 aliphatic carbocycles. The van der Waals surface area contributed by atoms with E-state index in [2.05, 4.69) is 15.3 Å². The van der Waals surface area contributed by atoms with E-state index in [4.69, 9.17) is 11.6 Å². The fraction of sp³-hybridized carbons (Fsp3) is 0.450. The van der Waals surface area contributed by atoms with E-state index in [1.807, 2.05) is 4.90 Å². The summed E-state index contributed by atoms with van der Waals surface area (Å²) in [6.45, 7) is 5.65. The number of amides is 1. The summed E-state index contributed by atoms with van der Waals surface area (Å²) in [4.78, 5) is 23.5. The van der Waals surface area contributed by atoms with E-state index in [0.717, 1.165) is 0 Å². The summed E-state index contributed by atoms with van der Waals surface area (Å²) < 4.78 is 26.9. The van der Waals surface area contributed by atoms with E-state index >= 15 is 0 Å². The molecule has 1 N–H and O–H groups in total. The predicted octanol–water partition coefficient (Wildman–Crippen LogP) is 3.02. The Hall–Kier alpha value is -2.23. The first-order valence-electron chi connectivity index (χ1n) is 9.99. The van der Waals surface area contributed by atoms with Gasteiger partial charge in [-0.3, -0.25) is 4.79 Å². The zero-order chi connectivity index (χ0) is 21.7. The summed E-state index contributed by atoms with van der Waals surface area (Å²) in [7, 11) is -3.64. The number of anilines is 2. The molecule has 1 aliphatic rings. The number of halogens is 1. The quantitative estimate of drug-likeness (QED) is 0.695. The van der Waals surface area contributed by atoms with Gasteiger partial charge in [-0.25, -0.2) is 18.4 Å². The van der Waals surface area contributed by atoms with Gasteiger partial charge in [0.25, 0.3) is 0 Å². The average Bonchev–Trinajstić information content (AvgIpc) is 2.76. The maximum Gasteiger partial charge on any atom is 0.243 e. The summed E-state index contributed by atoms with van der Waals surface area (Å²) in [6.07, 6.45) is 4.70. The van der Waals surface area contributed by atoms with Gasteiger partial charge >= 0.3 is 0 Å². The number of rotatable bonds is 7. The van der Waals surface area contributed by atoms with Gasteiger partial charge in [0, 0.05) is 44.5 Å². The molecule has 2 heterocycles. The van der Waals surface area contributed by atoms with Crippen LogP contribution in [0, 0.1) is 5.92 Å². The van der Waals surface area contributed by atoms with Crippen molar-refractivity contribution in [2.45, 2.75) is 31.6 Å². The monoisotopic (exact) mass is 451 g/mol. The van der Waals surface area contributed by atoms with Crippen molar-refractivity contribution in [2.24, 2.45) is 5.92 Å². The summed E-state index contributed by atoms with van der Waals surface area (Å²) in [5, 5.41) is 3.12. The van der Waals surface area contributed by atoms with Crippen molar-refractivity contribution in [3.05, 3.63) is 41.7 Å². The molecule has 2 aromatic rings. The Morgan fingerprint density at radius 3 is 2.43 bits per heavy atom. The molecular formula is C20H26ClN5O3S. The van der Waals surface area contributed by atoms with E-state index in [1.54, 1.807) is 32.3 Å². The molecule has 162 valence electrons. The maximum absolute atomic E-state index is 12.8. The van der Waals surface area contributed by atoms with Crippen LogP contribution in [0.4, 0.5) is 11.6 Å². The van der Waals surface area contributed by atoms with Crippen LogP contribution in [-0.2, 0) is 14.8 Å². The fourth-order valence-electron chi connectivity index (χ4n) is 3.50. The van der Waals surface area contributed by atoms with Crippen molar-refractivity contribution in [2.75, 3.05) is 36.4 Å². The van der Waals surface area contributed by atoms with Gasteiger partial charge in [-0.05, 0) is 37.1 Å². The van der Waals surface area contributed by atoms with Gasteiger partial charge < -0.3 is 10.2 Å². The second-order valence-electron chi connectivity index (χ2n) is 7.03. The highest BCUT2D eigenvalue weighted by molar-refractivity contribution is 7.89. The second kappa shape index (κ2) is 9.72. The van der Waals surface area contributed by atoms with Crippen molar-refractivity contribution in [1.29, 1.82) is 0 Å². The molecule has 1 aliphatic heterocycles. The number of benzene rings is 1. The standard InChI is InChI=1S/C20H26ClN5O3S/c1-3-26(4-2)30(28,29)16-6-7-17(21)18(14-16)24-19(27)15-8-12-25(13-9-15)20-22-10-5-11-23-20/h5-7,10-11,14-15H,3-4,8-9,12-13H2,1-2H3,(H,24,27). The van der Waals surface area contributed by atoms with Gasteiger partial charge in [0.1, 0.15) is 0 Å². The summed E-state index contributed by atoms with van der Waals surface area (Å²) in [5.74, 6) is 0.306. The molecule has 8 nitrogen and oxygen atoms in total. The van der Waals surface area contributed by atoms with Crippen molar-refractivity contribution in [3.8, 4) is 0 Å². The third-order valence-corrected chi connectivity index (χ3v) is 7.62. The molecule has 0 saturated carbocycles. The normalized spacial score (nSPS) is 15.4. The van der Waals surface area contributed by atoms with E-state index in [0.29, 0.717) is 55.7 Å². The number of carbonyl (C=O) groups excluding carboxylic acids is 1. The van der Waals surface area contributed by atoms with E-state index in [1.165, 1.54) is 22.5 Å². The second-order valence-corrected chi connectivity index (χ2v) is 9.38. The minimum Gasteiger partial charge on any atom is -0.341 e. The molecule has 1 fully saturated rings. The average molecular weight is 452 g/mol. The Labute approximate surface area is 182 Å². The maximum atomic E-state index is 12.8. The number of sulfonamides is 1. The Balaban J connectivity index is 1.68. The lowest BCUT2D eigenvalue weighted by atomic mass is 9.96. The zero-order valence-electron chi connectivity index (χ0n) is 17.1. The lowest BCUT2D eigenvalue weighted by Crippen LogP contribution is -2.39. The topological polar surface area (TPSA) is 95.5 Å². The van der Waals surface area contributed by atoms with E-state index in [-0.39, 0.29) is 16.7 Å². The first-order valence-corrected chi connectivity index (χ1v) is 11.8. The number of nitrogens with zero attached hydrogens (tertiary/aromatic N) is 4. The number of hydrogen-bond donors (Lipinski definition) is 1. The third kappa shape index (κ3) is 4.91. The minimum absolute atomic E-state index is 0.113. The van der Waals surface area contributed by atoms with Crippen LogP contribution in [0.1, 0.15) is 26.7 Å². The highest BCUT2D eigenvalue weighted by atomic mass is 35.5. The predicted molar refractivity (Wildman–Crippen MR) is 117 cm³/mol.